The first-order valence-electron chi connectivity index (χ1n) is 14.6. The Bertz CT molecular complexity index is 2430. The molecule has 0 saturated carbocycles. The maximum Gasteiger partial charge on any atom is 0.297 e. The SMILES string of the molecule is CSc1cc(-c2ccc(/N=N/c3cc4ccccc4c(S(=O)(=O)O)c3N)c(SC)c2)ccc1/N=N/c1cc2ccccc2c(S(=O)(=O)O)c1N. The highest BCUT2D eigenvalue weighted by Crippen LogP contribution is 2.41. The molecular weight excluding hydrogens is 717 g/mol. The molecule has 0 aliphatic rings. The highest BCUT2D eigenvalue weighted by atomic mass is 32.2. The van der Waals surface area contributed by atoms with E-state index in [1.165, 1.54) is 23.5 Å². The lowest BCUT2D eigenvalue weighted by Gasteiger charge is -2.11. The third-order valence-corrected chi connectivity index (χ3v) is 11.2. The van der Waals surface area contributed by atoms with Gasteiger partial charge in [-0.25, -0.2) is 0 Å². The van der Waals surface area contributed by atoms with Crippen molar-refractivity contribution in [3.63, 3.8) is 0 Å². The van der Waals surface area contributed by atoms with Crippen LogP contribution in [0.1, 0.15) is 0 Å². The normalized spacial score (nSPS) is 12.5. The van der Waals surface area contributed by atoms with Crippen LogP contribution in [0.4, 0.5) is 34.1 Å². The van der Waals surface area contributed by atoms with Crippen molar-refractivity contribution < 1.29 is 25.9 Å². The van der Waals surface area contributed by atoms with Crippen molar-refractivity contribution in [1.29, 1.82) is 0 Å². The average molecular weight is 745 g/mol. The number of hydrogen-bond donors (Lipinski definition) is 4. The molecule has 0 spiro atoms. The quantitative estimate of drug-likeness (QED) is 0.0476. The Kier molecular flexibility index (Phi) is 9.67. The van der Waals surface area contributed by atoms with Crippen molar-refractivity contribution in [3.8, 4) is 11.1 Å². The lowest BCUT2D eigenvalue weighted by Crippen LogP contribution is -2.04. The molecule has 0 saturated heterocycles. The average Bonchev–Trinajstić information content (AvgIpc) is 3.08. The Morgan fingerprint density at radius 1 is 0.520 bits per heavy atom. The maximum absolute atomic E-state index is 12.2. The number of rotatable bonds is 9. The molecule has 0 unspecified atom stereocenters. The van der Waals surface area contributed by atoms with Gasteiger partial charge < -0.3 is 11.5 Å². The fraction of sp³-hybridized carbons (Fsp3) is 0.0588. The first-order chi connectivity index (χ1) is 23.8. The molecule has 0 aromatic heterocycles. The minimum Gasteiger partial charge on any atom is -0.396 e. The number of fused-ring (bicyclic) bond motifs is 2. The smallest absolute Gasteiger partial charge is 0.297 e. The number of nitrogens with two attached hydrogens (primary N) is 2. The molecule has 0 aliphatic carbocycles. The van der Waals surface area contributed by atoms with Crippen LogP contribution in [0.25, 0.3) is 32.7 Å². The number of anilines is 2. The molecule has 0 heterocycles. The third kappa shape index (κ3) is 6.94. The van der Waals surface area contributed by atoms with E-state index in [-0.39, 0.29) is 33.5 Å². The van der Waals surface area contributed by atoms with E-state index < -0.39 is 30.0 Å². The van der Waals surface area contributed by atoms with E-state index in [1.807, 2.05) is 36.8 Å². The molecule has 0 aliphatic heterocycles. The number of benzene rings is 6. The van der Waals surface area contributed by atoms with Crippen LogP contribution in [0, 0.1) is 0 Å². The van der Waals surface area contributed by atoms with Crippen molar-refractivity contribution in [2.24, 2.45) is 20.5 Å². The molecule has 6 aromatic rings. The van der Waals surface area contributed by atoms with Gasteiger partial charge in [-0.1, -0.05) is 60.7 Å². The van der Waals surface area contributed by atoms with Crippen LogP contribution in [0.5, 0.6) is 0 Å². The summed E-state index contributed by atoms with van der Waals surface area (Å²) in [6, 6.07) is 27.7. The standard InChI is InChI=1S/C34H28N6O6S4/c1-47-29-17-19(11-13-25(29)37-39-27-15-21-7-3-5-9-23(21)33(31(27)35)49(41,42)43)20-12-14-26(30(18-20)48-2)38-40-28-16-22-8-4-6-10-24(22)34(32(28)36)50(44,45)46/h3-18H,35-36H2,1-2H3,(H,41,42,43)(H,44,45,46)/b39-37+,40-38+. The maximum atomic E-state index is 12.2. The van der Waals surface area contributed by atoms with Gasteiger partial charge in [0, 0.05) is 20.6 Å². The van der Waals surface area contributed by atoms with Crippen molar-refractivity contribution in [2.75, 3.05) is 24.0 Å². The van der Waals surface area contributed by atoms with Gasteiger partial charge in [0.05, 0.1) is 22.7 Å². The van der Waals surface area contributed by atoms with Crippen molar-refractivity contribution in [2.45, 2.75) is 19.6 Å². The summed E-state index contributed by atoms with van der Waals surface area (Å²) in [4.78, 5) is 0.746. The largest absolute Gasteiger partial charge is 0.396 e. The van der Waals surface area contributed by atoms with Gasteiger partial charge >= 0.3 is 0 Å². The van der Waals surface area contributed by atoms with E-state index >= 15 is 0 Å². The number of nitrogens with zero attached hydrogens (tertiary/aromatic N) is 4. The molecule has 0 amide bonds. The fourth-order valence-corrected chi connectivity index (χ4v) is 8.27. The minimum absolute atomic E-state index is 0.0986. The first-order valence-corrected chi connectivity index (χ1v) is 19.9. The van der Waals surface area contributed by atoms with Gasteiger partial charge in [-0.15, -0.1) is 44.0 Å². The summed E-state index contributed by atoms with van der Waals surface area (Å²) in [5, 5.41) is 18.9. The predicted octanol–water partition coefficient (Wildman–Crippen LogP) is 9.59. The highest BCUT2D eigenvalue weighted by Gasteiger charge is 2.23. The number of nitrogen functional groups attached to an aromatic ring is 2. The molecule has 6 N–H and O–H groups in total. The molecule has 6 aromatic carbocycles. The Labute approximate surface area is 296 Å². The van der Waals surface area contributed by atoms with E-state index in [1.54, 1.807) is 72.8 Å². The first kappa shape index (κ1) is 35.0. The van der Waals surface area contributed by atoms with Crippen LogP contribution >= 0.6 is 23.5 Å². The van der Waals surface area contributed by atoms with E-state index in [0.717, 1.165) is 20.9 Å². The molecular formula is C34H28N6O6S4. The Morgan fingerprint density at radius 3 is 1.24 bits per heavy atom. The van der Waals surface area contributed by atoms with E-state index in [0.29, 0.717) is 22.1 Å². The zero-order valence-electron chi connectivity index (χ0n) is 26.3. The molecule has 0 radical (unpaired) electrons. The minimum atomic E-state index is -4.64. The number of thioether (sulfide) groups is 2. The van der Waals surface area contributed by atoms with Gasteiger partial charge in [0.2, 0.25) is 0 Å². The van der Waals surface area contributed by atoms with E-state index in [2.05, 4.69) is 20.5 Å². The predicted molar refractivity (Wildman–Crippen MR) is 200 cm³/mol. The van der Waals surface area contributed by atoms with Gasteiger partial charge in [0.1, 0.15) is 21.2 Å². The van der Waals surface area contributed by atoms with Crippen LogP contribution in [0.3, 0.4) is 0 Å². The summed E-state index contributed by atoms with van der Waals surface area (Å²) < 4.78 is 68.5. The second-order valence-electron chi connectivity index (χ2n) is 10.8. The topological polar surface area (TPSA) is 210 Å². The summed E-state index contributed by atoms with van der Waals surface area (Å²) in [6.45, 7) is 0. The van der Waals surface area contributed by atoms with Gasteiger partial charge in [-0.3, -0.25) is 9.11 Å². The number of azo groups is 2. The van der Waals surface area contributed by atoms with Gasteiger partial charge in [-0.05, 0) is 70.8 Å². The molecule has 16 heteroatoms. The fourth-order valence-electron chi connectivity index (χ4n) is 5.45. The number of hydrogen-bond acceptors (Lipinski definition) is 12. The summed E-state index contributed by atoms with van der Waals surface area (Å²) in [5.41, 5.74) is 14.9. The zero-order valence-corrected chi connectivity index (χ0v) is 29.6. The van der Waals surface area contributed by atoms with Gasteiger partial charge in [0.25, 0.3) is 20.2 Å². The van der Waals surface area contributed by atoms with Crippen LogP contribution in [-0.2, 0) is 20.2 Å². The second-order valence-corrected chi connectivity index (χ2v) is 15.3. The van der Waals surface area contributed by atoms with E-state index in [9.17, 15) is 25.9 Å². The van der Waals surface area contributed by atoms with Crippen molar-refractivity contribution >= 4 is 99.4 Å². The lowest BCUT2D eigenvalue weighted by atomic mass is 10.0. The van der Waals surface area contributed by atoms with Crippen molar-refractivity contribution in [3.05, 3.63) is 97.1 Å². The Morgan fingerprint density at radius 2 is 0.880 bits per heavy atom. The molecule has 254 valence electrons. The molecule has 0 atom stereocenters. The van der Waals surface area contributed by atoms with Crippen LogP contribution in [0.2, 0.25) is 0 Å². The van der Waals surface area contributed by atoms with Crippen molar-refractivity contribution in [1.82, 2.24) is 0 Å². The van der Waals surface area contributed by atoms with Gasteiger partial charge in [0.15, 0.2) is 0 Å². The zero-order chi connectivity index (χ0) is 35.8. The van der Waals surface area contributed by atoms with Crippen LogP contribution in [-0.4, -0.2) is 38.5 Å². The highest BCUT2D eigenvalue weighted by molar-refractivity contribution is 7.99. The lowest BCUT2D eigenvalue weighted by molar-refractivity contribution is 0.482. The molecule has 0 bridgehead atoms. The summed E-state index contributed by atoms with van der Waals surface area (Å²) >= 11 is 2.89. The molecule has 12 nitrogen and oxygen atoms in total. The van der Waals surface area contributed by atoms with Crippen LogP contribution in [0.15, 0.2) is 137 Å². The van der Waals surface area contributed by atoms with Crippen LogP contribution < -0.4 is 11.5 Å². The molecule has 0 fully saturated rings. The Balaban J connectivity index is 1.32. The summed E-state index contributed by atoms with van der Waals surface area (Å²) in [5.74, 6) is 0. The Hall–Kier alpha value is -4.84. The van der Waals surface area contributed by atoms with E-state index in [4.69, 9.17) is 11.5 Å². The van der Waals surface area contributed by atoms with Gasteiger partial charge in [-0.2, -0.15) is 16.8 Å². The second kappa shape index (κ2) is 13.8. The summed E-state index contributed by atoms with van der Waals surface area (Å²) in [7, 11) is -9.28. The third-order valence-electron chi connectivity index (χ3n) is 7.78. The molecule has 50 heavy (non-hydrogen) atoms. The molecule has 6 rings (SSSR count). The monoisotopic (exact) mass is 744 g/mol. The summed E-state index contributed by atoms with van der Waals surface area (Å²) in [6.07, 6.45) is 3.78.